The molecule has 0 saturated heterocycles. The summed E-state index contributed by atoms with van der Waals surface area (Å²) < 4.78 is 0. The van der Waals surface area contributed by atoms with Gasteiger partial charge in [0.25, 0.3) is 0 Å². The fourth-order valence-corrected chi connectivity index (χ4v) is 1.68. The zero-order valence-electron chi connectivity index (χ0n) is 10.0. The molecule has 1 aromatic rings. The molecule has 1 saturated carbocycles. The molecular weight excluding hydrogens is 216 g/mol. The van der Waals surface area contributed by atoms with Crippen LogP contribution in [0.15, 0.2) is 12.4 Å². The Bertz CT molecular complexity index is 386. The molecule has 1 atom stereocenters. The molecular formula is C12H18N4O. The molecule has 1 aromatic heterocycles. The topological polar surface area (TPSA) is 80.9 Å². The van der Waals surface area contributed by atoms with Crippen LogP contribution in [0.25, 0.3) is 0 Å². The summed E-state index contributed by atoms with van der Waals surface area (Å²) in [5.41, 5.74) is 7.52. The Morgan fingerprint density at radius 1 is 1.53 bits per heavy atom. The van der Waals surface area contributed by atoms with Gasteiger partial charge in [0.2, 0.25) is 5.91 Å². The Kier molecular flexibility index (Phi) is 3.68. The number of carbonyl (C=O) groups is 1. The second-order valence-corrected chi connectivity index (χ2v) is 4.63. The minimum Gasteiger partial charge on any atom is -0.350 e. The van der Waals surface area contributed by atoms with Crippen molar-refractivity contribution in [2.45, 2.75) is 38.8 Å². The molecule has 0 radical (unpaired) electrons. The average Bonchev–Trinajstić information content (AvgIpc) is 3.12. The summed E-state index contributed by atoms with van der Waals surface area (Å²) in [6.07, 6.45) is 6.10. The number of hydrogen-bond donors (Lipinski definition) is 2. The summed E-state index contributed by atoms with van der Waals surface area (Å²) >= 11 is 0. The van der Waals surface area contributed by atoms with Gasteiger partial charge >= 0.3 is 0 Å². The highest BCUT2D eigenvalue weighted by molar-refractivity contribution is 5.76. The molecule has 5 heteroatoms. The molecule has 3 N–H and O–H groups in total. The van der Waals surface area contributed by atoms with Gasteiger partial charge in [0.15, 0.2) is 0 Å². The summed E-state index contributed by atoms with van der Waals surface area (Å²) in [7, 11) is 0. The fourth-order valence-electron chi connectivity index (χ4n) is 1.68. The lowest BCUT2D eigenvalue weighted by atomic mass is 10.1. The number of rotatable bonds is 5. The molecule has 0 spiro atoms. The summed E-state index contributed by atoms with van der Waals surface area (Å²) in [5.74, 6) is 0.548. The summed E-state index contributed by atoms with van der Waals surface area (Å²) in [6.45, 7) is 2.30. The second kappa shape index (κ2) is 5.23. The van der Waals surface area contributed by atoms with Crippen LogP contribution >= 0.6 is 0 Å². The molecule has 92 valence electrons. The van der Waals surface area contributed by atoms with Crippen LogP contribution < -0.4 is 11.1 Å². The Balaban J connectivity index is 1.73. The molecule has 1 heterocycles. The van der Waals surface area contributed by atoms with Gasteiger partial charge < -0.3 is 11.1 Å². The Morgan fingerprint density at radius 3 is 2.88 bits per heavy atom. The van der Waals surface area contributed by atoms with Crippen molar-refractivity contribution in [2.75, 3.05) is 0 Å². The third-order valence-corrected chi connectivity index (χ3v) is 2.95. The van der Waals surface area contributed by atoms with Gasteiger partial charge in [-0.3, -0.25) is 14.8 Å². The number of carbonyl (C=O) groups excluding carboxylic acids is 1. The average molecular weight is 234 g/mol. The predicted octanol–water partition coefficient (Wildman–Crippen LogP) is 0.529. The zero-order chi connectivity index (χ0) is 12.3. The van der Waals surface area contributed by atoms with Gasteiger partial charge in [0, 0.05) is 18.7 Å². The van der Waals surface area contributed by atoms with Crippen LogP contribution in [0.2, 0.25) is 0 Å². The van der Waals surface area contributed by atoms with Crippen LogP contribution in [0.4, 0.5) is 0 Å². The molecule has 0 aromatic carbocycles. The maximum Gasteiger partial charge on any atom is 0.221 e. The Labute approximate surface area is 101 Å². The lowest BCUT2D eigenvalue weighted by Crippen LogP contribution is -2.32. The van der Waals surface area contributed by atoms with E-state index in [4.69, 9.17) is 5.73 Å². The zero-order valence-corrected chi connectivity index (χ0v) is 10.0. The molecule has 5 nitrogen and oxygen atoms in total. The molecule has 1 aliphatic carbocycles. The van der Waals surface area contributed by atoms with E-state index in [2.05, 4.69) is 15.3 Å². The number of nitrogens with zero attached hydrogens (tertiary/aromatic N) is 2. The molecule has 1 amide bonds. The SMILES string of the molecule is Cc1cnc(CNC(=O)CC(N)C2CC2)cn1. The highest BCUT2D eigenvalue weighted by atomic mass is 16.1. The van der Waals surface area contributed by atoms with Gasteiger partial charge in [-0.05, 0) is 25.7 Å². The quantitative estimate of drug-likeness (QED) is 0.778. The van der Waals surface area contributed by atoms with Gasteiger partial charge in [-0.2, -0.15) is 0 Å². The first-order chi connectivity index (χ1) is 8.15. The third kappa shape index (κ3) is 3.78. The van der Waals surface area contributed by atoms with Crippen LogP contribution in [0.5, 0.6) is 0 Å². The number of nitrogens with one attached hydrogen (secondary N) is 1. The first-order valence-corrected chi connectivity index (χ1v) is 5.95. The van der Waals surface area contributed by atoms with Crippen molar-refractivity contribution in [1.82, 2.24) is 15.3 Å². The summed E-state index contributed by atoms with van der Waals surface area (Å²) in [5, 5.41) is 2.81. The Morgan fingerprint density at radius 2 is 2.29 bits per heavy atom. The van der Waals surface area contributed by atoms with Crippen molar-refractivity contribution in [3.05, 3.63) is 23.8 Å². The molecule has 1 unspecified atom stereocenters. The standard InChI is InChI=1S/C12H18N4O/c1-8-5-15-10(6-14-8)7-16-12(17)4-11(13)9-2-3-9/h5-6,9,11H,2-4,7,13H2,1H3,(H,16,17). The first-order valence-electron chi connectivity index (χ1n) is 5.95. The number of hydrogen-bond acceptors (Lipinski definition) is 4. The molecule has 17 heavy (non-hydrogen) atoms. The third-order valence-electron chi connectivity index (χ3n) is 2.95. The molecule has 0 bridgehead atoms. The number of nitrogens with two attached hydrogens (primary N) is 1. The lowest BCUT2D eigenvalue weighted by Gasteiger charge is -2.10. The monoisotopic (exact) mass is 234 g/mol. The van der Waals surface area contributed by atoms with Crippen molar-refractivity contribution in [3.8, 4) is 0 Å². The van der Waals surface area contributed by atoms with E-state index in [0.29, 0.717) is 18.9 Å². The van der Waals surface area contributed by atoms with Gasteiger partial charge in [0.05, 0.1) is 24.1 Å². The van der Waals surface area contributed by atoms with Gasteiger partial charge in [0.1, 0.15) is 0 Å². The largest absolute Gasteiger partial charge is 0.350 e. The van der Waals surface area contributed by atoms with Gasteiger partial charge in [-0.25, -0.2) is 0 Å². The van der Waals surface area contributed by atoms with E-state index in [9.17, 15) is 4.79 Å². The molecule has 1 aliphatic rings. The predicted molar refractivity (Wildman–Crippen MR) is 63.9 cm³/mol. The van der Waals surface area contributed by atoms with Crippen LogP contribution in [0.3, 0.4) is 0 Å². The smallest absolute Gasteiger partial charge is 0.221 e. The number of amides is 1. The molecule has 2 rings (SSSR count). The maximum atomic E-state index is 11.6. The minimum absolute atomic E-state index is 0.00762. The molecule has 1 fully saturated rings. The van der Waals surface area contributed by atoms with Crippen molar-refractivity contribution in [3.63, 3.8) is 0 Å². The van der Waals surface area contributed by atoms with Crippen LogP contribution in [-0.4, -0.2) is 21.9 Å². The highest BCUT2D eigenvalue weighted by Crippen LogP contribution is 2.32. The van der Waals surface area contributed by atoms with E-state index < -0.39 is 0 Å². The summed E-state index contributed by atoms with van der Waals surface area (Å²) in [6, 6.07) is 0.0131. The van der Waals surface area contributed by atoms with E-state index in [0.717, 1.165) is 24.2 Å². The van der Waals surface area contributed by atoms with Crippen molar-refractivity contribution >= 4 is 5.91 Å². The van der Waals surface area contributed by atoms with Crippen LogP contribution in [0, 0.1) is 12.8 Å². The maximum absolute atomic E-state index is 11.6. The summed E-state index contributed by atoms with van der Waals surface area (Å²) in [4.78, 5) is 19.9. The number of aromatic nitrogens is 2. The second-order valence-electron chi connectivity index (χ2n) is 4.63. The molecule has 0 aliphatic heterocycles. The first kappa shape index (κ1) is 12.0. The van der Waals surface area contributed by atoms with Crippen LogP contribution in [-0.2, 0) is 11.3 Å². The number of aryl methyl sites for hydroxylation is 1. The van der Waals surface area contributed by atoms with Crippen molar-refractivity contribution < 1.29 is 4.79 Å². The van der Waals surface area contributed by atoms with Crippen molar-refractivity contribution in [2.24, 2.45) is 11.7 Å². The van der Waals surface area contributed by atoms with E-state index >= 15 is 0 Å². The lowest BCUT2D eigenvalue weighted by molar-refractivity contribution is -0.121. The van der Waals surface area contributed by atoms with Gasteiger partial charge in [-0.1, -0.05) is 0 Å². The van der Waals surface area contributed by atoms with Crippen LogP contribution in [0.1, 0.15) is 30.7 Å². The van der Waals surface area contributed by atoms with Gasteiger partial charge in [-0.15, -0.1) is 0 Å². The van der Waals surface area contributed by atoms with E-state index in [1.165, 1.54) is 0 Å². The minimum atomic E-state index is -0.00762. The van der Waals surface area contributed by atoms with E-state index in [1.807, 2.05) is 6.92 Å². The normalized spacial score (nSPS) is 16.6. The van der Waals surface area contributed by atoms with Crippen molar-refractivity contribution in [1.29, 1.82) is 0 Å². The van der Waals surface area contributed by atoms with E-state index in [1.54, 1.807) is 12.4 Å². The Hall–Kier alpha value is -1.49. The fraction of sp³-hybridized carbons (Fsp3) is 0.583. The highest BCUT2D eigenvalue weighted by Gasteiger charge is 2.29. The van der Waals surface area contributed by atoms with E-state index in [-0.39, 0.29) is 11.9 Å².